The molecular weight excluding hydrogens is 271 g/mol. The average molecular weight is 287 g/mol. The third kappa shape index (κ3) is 3.23. The Morgan fingerprint density at radius 1 is 1.63 bits per heavy atom. The van der Waals surface area contributed by atoms with Gasteiger partial charge in [0.1, 0.15) is 5.82 Å². The molecule has 0 radical (unpaired) electrons. The molecule has 2 atom stereocenters. The Balaban J connectivity index is 2.16. The lowest BCUT2D eigenvalue weighted by molar-refractivity contribution is -0.122. The predicted molar refractivity (Wildman–Crippen MR) is 70.2 cm³/mol. The second kappa shape index (κ2) is 5.86. The van der Waals surface area contributed by atoms with E-state index in [1.165, 1.54) is 12.1 Å². The van der Waals surface area contributed by atoms with Crippen LogP contribution in [0, 0.1) is 5.82 Å². The Hall–Kier alpha value is -1.17. The van der Waals surface area contributed by atoms with Gasteiger partial charge in [-0.2, -0.15) is 0 Å². The summed E-state index contributed by atoms with van der Waals surface area (Å²) in [5, 5.41) is 0.467. The van der Waals surface area contributed by atoms with Crippen LogP contribution in [0.2, 0.25) is 5.02 Å². The topological polar surface area (TPSA) is 55.6 Å². The number of halogens is 2. The number of amides is 1. The highest BCUT2D eigenvalue weighted by Crippen LogP contribution is 2.24. The van der Waals surface area contributed by atoms with E-state index in [2.05, 4.69) is 0 Å². The maximum absolute atomic E-state index is 13.7. The van der Waals surface area contributed by atoms with E-state index >= 15 is 0 Å². The molecule has 0 saturated carbocycles. The number of hydrogen-bond acceptors (Lipinski definition) is 3. The number of methoxy groups -OCH3 is 1. The van der Waals surface area contributed by atoms with E-state index in [4.69, 9.17) is 22.1 Å². The van der Waals surface area contributed by atoms with E-state index in [9.17, 15) is 9.18 Å². The Morgan fingerprint density at radius 3 is 3.00 bits per heavy atom. The molecule has 1 amide bonds. The van der Waals surface area contributed by atoms with Crippen molar-refractivity contribution in [3.63, 3.8) is 0 Å². The molecule has 1 aromatic rings. The standard InChI is InChI=1S/C13H16ClFN2O2/c1-19-10-5-12(13(16)18)17(7-10)6-8-4-9(14)2-3-11(8)15/h2-4,10,12H,5-7H2,1H3,(H2,16,18)/t10-,12-/m0/s1. The molecule has 2 N–H and O–H groups in total. The summed E-state index contributed by atoms with van der Waals surface area (Å²) >= 11 is 5.86. The molecule has 19 heavy (non-hydrogen) atoms. The van der Waals surface area contributed by atoms with Crippen LogP contribution in [0.15, 0.2) is 18.2 Å². The van der Waals surface area contributed by atoms with E-state index in [0.29, 0.717) is 30.1 Å². The summed E-state index contributed by atoms with van der Waals surface area (Å²) in [4.78, 5) is 13.2. The van der Waals surface area contributed by atoms with Gasteiger partial charge in [-0.3, -0.25) is 9.69 Å². The van der Waals surface area contributed by atoms with Crippen molar-refractivity contribution in [1.29, 1.82) is 0 Å². The van der Waals surface area contributed by atoms with Gasteiger partial charge in [0, 0.05) is 30.8 Å². The van der Waals surface area contributed by atoms with Gasteiger partial charge in [-0.15, -0.1) is 0 Å². The first kappa shape index (κ1) is 14.2. The summed E-state index contributed by atoms with van der Waals surface area (Å²) < 4.78 is 18.9. The molecule has 1 aromatic carbocycles. The van der Waals surface area contributed by atoms with Gasteiger partial charge >= 0.3 is 0 Å². The van der Waals surface area contributed by atoms with Crippen molar-refractivity contribution in [1.82, 2.24) is 4.90 Å². The van der Waals surface area contributed by atoms with Crippen molar-refractivity contribution in [2.75, 3.05) is 13.7 Å². The molecule has 1 saturated heterocycles. The first-order valence-corrected chi connectivity index (χ1v) is 6.39. The van der Waals surface area contributed by atoms with Gasteiger partial charge in [-0.1, -0.05) is 11.6 Å². The van der Waals surface area contributed by atoms with E-state index in [1.54, 1.807) is 13.2 Å². The van der Waals surface area contributed by atoms with E-state index in [0.717, 1.165) is 0 Å². The van der Waals surface area contributed by atoms with Gasteiger partial charge in [0.05, 0.1) is 12.1 Å². The van der Waals surface area contributed by atoms with Crippen molar-refractivity contribution >= 4 is 17.5 Å². The maximum atomic E-state index is 13.7. The predicted octanol–water partition coefficient (Wildman–Crippen LogP) is 1.55. The normalized spacial score (nSPS) is 23.7. The number of carbonyl (C=O) groups excluding carboxylic acids is 1. The summed E-state index contributed by atoms with van der Waals surface area (Å²) in [5.41, 5.74) is 5.82. The number of rotatable bonds is 4. The lowest BCUT2D eigenvalue weighted by Gasteiger charge is -2.21. The second-order valence-corrected chi connectivity index (χ2v) is 5.11. The average Bonchev–Trinajstić information content (AvgIpc) is 2.77. The first-order chi connectivity index (χ1) is 9.01. The molecule has 1 aliphatic rings. The van der Waals surface area contributed by atoms with Gasteiger partial charge in [-0.05, 0) is 24.6 Å². The summed E-state index contributed by atoms with van der Waals surface area (Å²) in [5.74, 6) is -0.754. The quantitative estimate of drug-likeness (QED) is 0.914. The number of carbonyl (C=O) groups is 1. The van der Waals surface area contributed by atoms with E-state index in [1.807, 2.05) is 4.90 Å². The lowest BCUT2D eigenvalue weighted by Crippen LogP contribution is -2.39. The van der Waals surface area contributed by atoms with Crippen molar-refractivity contribution in [3.05, 3.63) is 34.6 Å². The molecule has 0 aromatic heterocycles. The molecule has 6 heteroatoms. The highest BCUT2D eigenvalue weighted by molar-refractivity contribution is 6.30. The minimum absolute atomic E-state index is 0.0558. The number of ether oxygens (including phenoxy) is 1. The summed E-state index contributed by atoms with van der Waals surface area (Å²) in [6, 6.07) is 3.95. The maximum Gasteiger partial charge on any atom is 0.234 e. The number of primary amides is 1. The molecule has 0 aliphatic carbocycles. The summed E-state index contributed by atoms with van der Waals surface area (Å²) in [6.07, 6.45) is 0.480. The molecule has 104 valence electrons. The van der Waals surface area contributed by atoms with Crippen molar-refractivity contribution in [2.45, 2.75) is 25.1 Å². The molecule has 4 nitrogen and oxygen atoms in total. The molecule has 1 fully saturated rings. The largest absolute Gasteiger partial charge is 0.380 e. The van der Waals surface area contributed by atoms with Crippen LogP contribution in [0.1, 0.15) is 12.0 Å². The number of nitrogens with zero attached hydrogens (tertiary/aromatic N) is 1. The minimum Gasteiger partial charge on any atom is -0.380 e. The smallest absolute Gasteiger partial charge is 0.234 e. The monoisotopic (exact) mass is 286 g/mol. The highest BCUT2D eigenvalue weighted by atomic mass is 35.5. The fourth-order valence-corrected chi connectivity index (χ4v) is 2.58. The molecule has 0 spiro atoms. The lowest BCUT2D eigenvalue weighted by atomic mass is 10.1. The third-order valence-corrected chi connectivity index (χ3v) is 3.64. The fourth-order valence-electron chi connectivity index (χ4n) is 2.39. The highest BCUT2D eigenvalue weighted by Gasteiger charge is 2.35. The molecule has 1 heterocycles. The van der Waals surface area contributed by atoms with E-state index < -0.39 is 11.9 Å². The zero-order chi connectivity index (χ0) is 14.0. The van der Waals surface area contributed by atoms with Crippen LogP contribution in [0.5, 0.6) is 0 Å². The van der Waals surface area contributed by atoms with Crippen LogP contribution >= 0.6 is 11.6 Å². The van der Waals surface area contributed by atoms with Gasteiger partial charge in [0.25, 0.3) is 0 Å². The Bertz CT molecular complexity index is 484. The first-order valence-electron chi connectivity index (χ1n) is 6.01. The minimum atomic E-state index is -0.427. The Kier molecular flexibility index (Phi) is 4.39. The van der Waals surface area contributed by atoms with Crippen LogP contribution in [0.3, 0.4) is 0 Å². The van der Waals surface area contributed by atoms with Crippen LogP contribution in [-0.4, -0.2) is 36.6 Å². The van der Waals surface area contributed by atoms with Gasteiger partial charge in [0.15, 0.2) is 0 Å². The van der Waals surface area contributed by atoms with Crippen molar-refractivity contribution in [3.8, 4) is 0 Å². The van der Waals surface area contributed by atoms with E-state index in [-0.39, 0.29) is 11.9 Å². The third-order valence-electron chi connectivity index (χ3n) is 3.41. The number of benzene rings is 1. The van der Waals surface area contributed by atoms with Crippen LogP contribution in [0.4, 0.5) is 4.39 Å². The molecule has 2 rings (SSSR count). The number of hydrogen-bond donors (Lipinski definition) is 1. The zero-order valence-electron chi connectivity index (χ0n) is 10.6. The molecule has 1 aliphatic heterocycles. The van der Waals surface area contributed by atoms with Crippen molar-refractivity contribution in [2.24, 2.45) is 5.73 Å². The van der Waals surface area contributed by atoms with Crippen LogP contribution in [-0.2, 0) is 16.1 Å². The SMILES string of the molecule is CO[C@H]1C[C@@H](C(N)=O)N(Cc2cc(Cl)ccc2F)C1. The number of nitrogens with two attached hydrogens (primary N) is 1. The number of likely N-dealkylation sites (tertiary alicyclic amines) is 1. The summed E-state index contributed by atoms with van der Waals surface area (Å²) in [6.45, 7) is 0.843. The van der Waals surface area contributed by atoms with Crippen LogP contribution in [0.25, 0.3) is 0 Å². The summed E-state index contributed by atoms with van der Waals surface area (Å²) in [7, 11) is 1.59. The van der Waals surface area contributed by atoms with Crippen LogP contribution < -0.4 is 5.73 Å². The van der Waals surface area contributed by atoms with Crippen molar-refractivity contribution < 1.29 is 13.9 Å². The van der Waals surface area contributed by atoms with Gasteiger partial charge < -0.3 is 10.5 Å². The van der Waals surface area contributed by atoms with Gasteiger partial charge in [0.2, 0.25) is 5.91 Å². The second-order valence-electron chi connectivity index (χ2n) is 4.68. The Labute approximate surface area is 116 Å². The molecular formula is C13H16ClFN2O2. The molecule has 0 unspecified atom stereocenters. The molecule has 0 bridgehead atoms. The van der Waals surface area contributed by atoms with Gasteiger partial charge in [-0.25, -0.2) is 4.39 Å². The fraction of sp³-hybridized carbons (Fsp3) is 0.462. The Morgan fingerprint density at radius 2 is 2.37 bits per heavy atom. The zero-order valence-corrected chi connectivity index (χ0v) is 11.4.